The number of nitrogens with one attached hydrogen (secondary N) is 1. The first kappa shape index (κ1) is 20.8. The van der Waals surface area contributed by atoms with Crippen LogP contribution < -0.4 is 10.2 Å². The van der Waals surface area contributed by atoms with Gasteiger partial charge in [-0.05, 0) is 49.9 Å². The van der Waals surface area contributed by atoms with Crippen molar-refractivity contribution in [2.75, 3.05) is 11.4 Å². The Kier molecular flexibility index (Phi) is 5.53. The summed E-state index contributed by atoms with van der Waals surface area (Å²) in [7, 11) is 0. The third-order valence-corrected chi connectivity index (χ3v) is 6.67. The van der Waals surface area contributed by atoms with Crippen molar-refractivity contribution >= 4 is 17.1 Å². The zero-order valence-electron chi connectivity index (χ0n) is 17.7. The van der Waals surface area contributed by atoms with Gasteiger partial charge in [0.2, 0.25) is 0 Å². The Balaban J connectivity index is 1.49. The van der Waals surface area contributed by atoms with Crippen molar-refractivity contribution in [3.8, 4) is 0 Å². The third-order valence-electron chi connectivity index (χ3n) is 6.67. The number of fused-ring (bicyclic) bond motifs is 1. The van der Waals surface area contributed by atoms with Gasteiger partial charge in [-0.25, -0.2) is 17.7 Å². The zero-order valence-corrected chi connectivity index (χ0v) is 17.7. The number of rotatable bonds is 4. The number of pyridine rings is 1. The maximum atomic E-state index is 15.8. The molecular formula is C24H25F3N4O. The van der Waals surface area contributed by atoms with Gasteiger partial charge in [0.15, 0.2) is 5.82 Å². The minimum atomic E-state index is -0.581. The summed E-state index contributed by atoms with van der Waals surface area (Å²) in [6, 6.07) is 4.55. The second-order valence-corrected chi connectivity index (χ2v) is 8.69. The number of hydrogen-bond donors (Lipinski definition) is 1. The Hall–Kier alpha value is -3.03. The molecule has 2 fully saturated rings. The van der Waals surface area contributed by atoms with Gasteiger partial charge in [-0.15, -0.1) is 0 Å². The number of anilines is 1. The lowest BCUT2D eigenvalue weighted by molar-refractivity contribution is 0.0929. The Morgan fingerprint density at radius 2 is 1.84 bits per heavy atom. The van der Waals surface area contributed by atoms with Crippen LogP contribution in [0.5, 0.6) is 0 Å². The molecule has 1 aliphatic heterocycles. The molecule has 1 aromatic carbocycles. The molecule has 0 radical (unpaired) electrons. The topological polar surface area (TPSA) is 49.6 Å². The molecule has 2 aliphatic rings. The van der Waals surface area contributed by atoms with Gasteiger partial charge < -0.3 is 10.2 Å². The van der Waals surface area contributed by atoms with E-state index in [0.717, 1.165) is 44.2 Å². The molecule has 3 heterocycles. The summed E-state index contributed by atoms with van der Waals surface area (Å²) >= 11 is 0. The van der Waals surface area contributed by atoms with Gasteiger partial charge >= 0.3 is 0 Å². The molecule has 32 heavy (non-hydrogen) atoms. The van der Waals surface area contributed by atoms with E-state index >= 15 is 4.39 Å². The van der Waals surface area contributed by atoms with E-state index in [4.69, 9.17) is 0 Å². The molecule has 5 nitrogen and oxygen atoms in total. The highest BCUT2D eigenvalue weighted by molar-refractivity contribution is 6.01. The number of nitrogens with zero attached hydrogens (tertiary/aromatic N) is 3. The number of hydrogen-bond acceptors (Lipinski definition) is 3. The average molecular weight is 442 g/mol. The molecular weight excluding hydrogens is 417 g/mol. The second-order valence-electron chi connectivity index (χ2n) is 8.69. The van der Waals surface area contributed by atoms with Crippen LogP contribution in [0.4, 0.5) is 18.9 Å². The van der Waals surface area contributed by atoms with Crippen molar-refractivity contribution < 1.29 is 18.0 Å². The first-order valence-corrected chi connectivity index (χ1v) is 11.2. The van der Waals surface area contributed by atoms with Gasteiger partial charge in [-0.1, -0.05) is 19.3 Å². The minimum absolute atomic E-state index is 0.0939. The van der Waals surface area contributed by atoms with Gasteiger partial charge in [0.1, 0.15) is 17.2 Å². The van der Waals surface area contributed by atoms with Crippen molar-refractivity contribution in [2.24, 2.45) is 0 Å². The van der Waals surface area contributed by atoms with Crippen LogP contribution in [0.25, 0.3) is 5.52 Å². The van der Waals surface area contributed by atoms with Crippen LogP contribution in [0.1, 0.15) is 66.9 Å². The van der Waals surface area contributed by atoms with E-state index in [1.165, 1.54) is 23.2 Å². The summed E-state index contributed by atoms with van der Waals surface area (Å²) < 4.78 is 45.4. The lowest BCUT2D eigenvalue weighted by Crippen LogP contribution is -2.36. The molecule has 1 N–H and O–H groups in total. The lowest BCUT2D eigenvalue weighted by atomic mass is 9.95. The largest absolute Gasteiger partial charge is 0.362 e. The highest BCUT2D eigenvalue weighted by atomic mass is 19.1. The molecule has 1 amide bonds. The third kappa shape index (κ3) is 3.72. The summed E-state index contributed by atoms with van der Waals surface area (Å²) in [5.41, 5.74) is 0.755. The molecule has 2 aromatic heterocycles. The highest BCUT2D eigenvalue weighted by Gasteiger charge is 2.32. The number of halogens is 3. The van der Waals surface area contributed by atoms with E-state index in [0.29, 0.717) is 13.0 Å². The van der Waals surface area contributed by atoms with Crippen LogP contribution in [-0.2, 0) is 0 Å². The second kappa shape index (κ2) is 8.48. The van der Waals surface area contributed by atoms with E-state index in [2.05, 4.69) is 10.4 Å². The summed E-state index contributed by atoms with van der Waals surface area (Å²) in [5, 5.41) is 7.17. The van der Waals surface area contributed by atoms with Gasteiger partial charge in [-0.3, -0.25) is 4.79 Å². The smallest absolute Gasteiger partial charge is 0.255 e. The Bertz CT molecular complexity index is 1160. The van der Waals surface area contributed by atoms with Crippen LogP contribution in [-0.4, -0.2) is 28.1 Å². The number of benzene rings is 1. The van der Waals surface area contributed by atoms with Crippen LogP contribution >= 0.6 is 0 Å². The number of amides is 1. The Labute approximate surface area is 184 Å². The van der Waals surface area contributed by atoms with Gasteiger partial charge in [-0.2, -0.15) is 5.10 Å². The van der Waals surface area contributed by atoms with Crippen LogP contribution in [0, 0.1) is 17.5 Å². The first-order chi connectivity index (χ1) is 15.5. The molecule has 8 heteroatoms. The van der Waals surface area contributed by atoms with Gasteiger partial charge in [0.05, 0.1) is 23.5 Å². The first-order valence-electron chi connectivity index (χ1n) is 11.2. The Morgan fingerprint density at radius 1 is 1.03 bits per heavy atom. The van der Waals surface area contributed by atoms with Gasteiger partial charge in [0.25, 0.3) is 5.91 Å². The molecule has 1 atom stereocenters. The monoisotopic (exact) mass is 442 g/mol. The predicted molar refractivity (Wildman–Crippen MR) is 115 cm³/mol. The predicted octanol–water partition coefficient (Wildman–Crippen LogP) is 5.16. The minimum Gasteiger partial charge on any atom is -0.362 e. The van der Waals surface area contributed by atoms with Crippen molar-refractivity contribution in [3.63, 3.8) is 0 Å². The maximum absolute atomic E-state index is 15.8. The van der Waals surface area contributed by atoms with Crippen molar-refractivity contribution in [1.29, 1.82) is 0 Å². The standard InChI is InChI=1S/C24H25F3N4O/c25-15-8-9-19(26)17(13-15)20-7-4-11-30(20)21-10-12-31-23(22(21)27)18(14-28-31)24(32)29-16-5-2-1-3-6-16/h8-10,12-14,16,20H,1-7,11H2,(H,29,32)/t20-/m1/s1. The average Bonchev–Trinajstić information content (AvgIpc) is 3.44. The fourth-order valence-corrected chi connectivity index (χ4v) is 5.08. The van der Waals surface area contributed by atoms with E-state index in [1.807, 2.05) is 0 Å². The van der Waals surface area contributed by atoms with Crippen LogP contribution in [0.3, 0.4) is 0 Å². The Morgan fingerprint density at radius 3 is 2.66 bits per heavy atom. The fraction of sp³-hybridized carbons (Fsp3) is 0.417. The highest BCUT2D eigenvalue weighted by Crippen LogP contribution is 2.39. The quantitative estimate of drug-likeness (QED) is 0.608. The molecule has 0 bridgehead atoms. The fourth-order valence-electron chi connectivity index (χ4n) is 5.08. The molecule has 1 saturated carbocycles. The van der Waals surface area contributed by atoms with Crippen molar-refractivity contribution in [3.05, 3.63) is 65.2 Å². The SMILES string of the molecule is O=C(NC1CCCCC1)c1cnn2ccc(N3CCC[C@@H]3c3cc(F)ccc3F)c(F)c12. The number of carbonyl (C=O) groups excluding carboxylic acids is 1. The lowest BCUT2D eigenvalue weighted by Gasteiger charge is -2.28. The van der Waals surface area contributed by atoms with Crippen molar-refractivity contribution in [2.45, 2.75) is 57.0 Å². The maximum Gasteiger partial charge on any atom is 0.255 e. The molecule has 1 aliphatic carbocycles. The molecule has 5 rings (SSSR count). The van der Waals surface area contributed by atoms with Crippen LogP contribution in [0.15, 0.2) is 36.7 Å². The summed E-state index contributed by atoms with van der Waals surface area (Å²) in [6.45, 7) is 0.505. The normalized spacial score (nSPS) is 19.6. The van der Waals surface area contributed by atoms with Gasteiger partial charge in [0, 0.05) is 24.3 Å². The van der Waals surface area contributed by atoms with Crippen LogP contribution in [0.2, 0.25) is 0 Å². The summed E-state index contributed by atoms with van der Waals surface area (Å²) in [5.74, 6) is -1.96. The number of carbonyl (C=O) groups is 1. The molecule has 0 unspecified atom stereocenters. The summed E-state index contributed by atoms with van der Waals surface area (Å²) in [6.07, 6.45) is 9.45. The zero-order chi connectivity index (χ0) is 22.2. The van der Waals surface area contributed by atoms with E-state index in [-0.39, 0.29) is 34.3 Å². The molecule has 3 aromatic rings. The molecule has 168 valence electrons. The summed E-state index contributed by atoms with van der Waals surface area (Å²) in [4.78, 5) is 14.7. The number of aromatic nitrogens is 2. The van der Waals surface area contributed by atoms with E-state index in [1.54, 1.807) is 17.2 Å². The van der Waals surface area contributed by atoms with E-state index in [9.17, 15) is 13.6 Å². The van der Waals surface area contributed by atoms with Crippen molar-refractivity contribution in [1.82, 2.24) is 14.9 Å². The van der Waals surface area contributed by atoms with E-state index < -0.39 is 23.5 Å². The molecule has 1 saturated heterocycles. The molecule has 0 spiro atoms.